The summed E-state index contributed by atoms with van der Waals surface area (Å²) in [5.74, 6) is 0.288. The van der Waals surface area contributed by atoms with Crippen molar-refractivity contribution in [3.8, 4) is 11.1 Å². The standard InChI is InChI=1S/C18H18ClN5O/c1-11-16(12-4-6-13(19)7-5-12)17(23-22-11)21-18(25)14-3-2-10-24-15(14)8-9-20-24/h4-9,14H,2-3,10H2,1H3,(H2,21,22,23,25). The number of fused-ring (bicyclic) bond motifs is 1. The van der Waals surface area contributed by atoms with Gasteiger partial charge in [-0.2, -0.15) is 10.2 Å². The molecule has 1 aromatic carbocycles. The summed E-state index contributed by atoms with van der Waals surface area (Å²) in [6.07, 6.45) is 3.51. The van der Waals surface area contributed by atoms with E-state index in [0.29, 0.717) is 10.8 Å². The minimum absolute atomic E-state index is 0.0526. The van der Waals surface area contributed by atoms with Crippen LogP contribution < -0.4 is 5.32 Å². The number of halogens is 1. The number of amides is 1. The maximum Gasteiger partial charge on any atom is 0.234 e. The Hall–Kier alpha value is -2.60. The molecule has 7 heteroatoms. The number of benzene rings is 1. The number of aryl methyl sites for hydroxylation is 2. The predicted octanol–water partition coefficient (Wildman–Crippen LogP) is 3.75. The Morgan fingerprint density at radius 2 is 2.12 bits per heavy atom. The SMILES string of the molecule is Cc1[nH]nc(NC(=O)C2CCCn3nccc32)c1-c1ccc(Cl)cc1. The molecule has 6 nitrogen and oxygen atoms in total. The van der Waals surface area contributed by atoms with Crippen LogP contribution in [0, 0.1) is 6.92 Å². The summed E-state index contributed by atoms with van der Waals surface area (Å²) >= 11 is 5.97. The van der Waals surface area contributed by atoms with E-state index in [4.69, 9.17) is 11.6 Å². The molecule has 0 saturated heterocycles. The molecule has 1 atom stereocenters. The van der Waals surface area contributed by atoms with Gasteiger partial charge >= 0.3 is 0 Å². The summed E-state index contributed by atoms with van der Waals surface area (Å²) in [6, 6.07) is 9.42. The number of carbonyl (C=O) groups excluding carboxylic acids is 1. The third-order valence-corrected chi connectivity index (χ3v) is 4.86. The van der Waals surface area contributed by atoms with Gasteiger partial charge in [-0.25, -0.2) is 0 Å². The summed E-state index contributed by atoms with van der Waals surface area (Å²) in [5, 5.41) is 15.2. The van der Waals surface area contributed by atoms with Gasteiger partial charge in [0.05, 0.1) is 11.6 Å². The summed E-state index contributed by atoms with van der Waals surface area (Å²) in [7, 11) is 0. The molecular weight excluding hydrogens is 338 g/mol. The summed E-state index contributed by atoms with van der Waals surface area (Å²) in [5.41, 5.74) is 3.70. The van der Waals surface area contributed by atoms with Gasteiger partial charge < -0.3 is 5.32 Å². The molecule has 3 aromatic rings. The molecule has 3 heterocycles. The topological polar surface area (TPSA) is 75.6 Å². The number of rotatable bonds is 3. The molecular formula is C18H18ClN5O. The molecule has 4 rings (SSSR count). The molecule has 0 spiro atoms. The first-order valence-electron chi connectivity index (χ1n) is 8.27. The molecule has 0 bridgehead atoms. The van der Waals surface area contributed by atoms with Gasteiger partial charge in [0.2, 0.25) is 5.91 Å². The van der Waals surface area contributed by atoms with Crippen LogP contribution in [0.1, 0.15) is 30.1 Å². The predicted molar refractivity (Wildman–Crippen MR) is 96.6 cm³/mol. The fraction of sp³-hybridized carbons (Fsp3) is 0.278. The normalized spacial score (nSPS) is 16.5. The molecule has 128 valence electrons. The Labute approximate surface area is 150 Å². The van der Waals surface area contributed by atoms with E-state index in [0.717, 1.165) is 41.9 Å². The highest BCUT2D eigenvalue weighted by atomic mass is 35.5. The van der Waals surface area contributed by atoms with Crippen LogP contribution in [0.25, 0.3) is 11.1 Å². The highest BCUT2D eigenvalue weighted by molar-refractivity contribution is 6.30. The van der Waals surface area contributed by atoms with Crippen molar-refractivity contribution in [2.45, 2.75) is 32.2 Å². The number of nitrogens with zero attached hydrogens (tertiary/aromatic N) is 3. The summed E-state index contributed by atoms with van der Waals surface area (Å²) in [4.78, 5) is 12.8. The minimum Gasteiger partial charge on any atom is -0.308 e. The fourth-order valence-corrected chi connectivity index (χ4v) is 3.50. The highest BCUT2D eigenvalue weighted by Gasteiger charge is 2.28. The number of aromatic nitrogens is 4. The van der Waals surface area contributed by atoms with Crippen LogP contribution >= 0.6 is 11.6 Å². The van der Waals surface area contributed by atoms with E-state index < -0.39 is 0 Å². The Morgan fingerprint density at radius 1 is 1.32 bits per heavy atom. The first-order chi connectivity index (χ1) is 12.1. The van der Waals surface area contributed by atoms with Crippen molar-refractivity contribution in [1.29, 1.82) is 0 Å². The number of carbonyl (C=O) groups is 1. The molecule has 0 aliphatic carbocycles. The van der Waals surface area contributed by atoms with Gasteiger partial charge in [-0.1, -0.05) is 23.7 Å². The lowest BCUT2D eigenvalue weighted by Gasteiger charge is -2.22. The largest absolute Gasteiger partial charge is 0.308 e. The van der Waals surface area contributed by atoms with Crippen molar-refractivity contribution in [3.05, 3.63) is 52.9 Å². The van der Waals surface area contributed by atoms with Gasteiger partial charge in [0.1, 0.15) is 0 Å². The number of anilines is 1. The van der Waals surface area contributed by atoms with E-state index in [-0.39, 0.29) is 11.8 Å². The van der Waals surface area contributed by atoms with Crippen molar-refractivity contribution in [3.63, 3.8) is 0 Å². The van der Waals surface area contributed by atoms with Gasteiger partial charge in [-0.15, -0.1) is 0 Å². The molecule has 1 aliphatic heterocycles. The monoisotopic (exact) mass is 355 g/mol. The number of nitrogens with one attached hydrogen (secondary N) is 2. The number of hydrogen-bond acceptors (Lipinski definition) is 3. The Kier molecular flexibility index (Phi) is 4.05. The quantitative estimate of drug-likeness (QED) is 0.751. The van der Waals surface area contributed by atoms with Gasteiger partial charge in [-0.05, 0) is 43.5 Å². The summed E-state index contributed by atoms with van der Waals surface area (Å²) in [6.45, 7) is 2.80. The van der Waals surface area contributed by atoms with Crippen LogP contribution in [-0.4, -0.2) is 25.9 Å². The molecule has 0 radical (unpaired) electrons. The zero-order valence-corrected chi connectivity index (χ0v) is 14.5. The van der Waals surface area contributed by atoms with E-state index in [2.05, 4.69) is 20.6 Å². The second-order valence-corrected chi connectivity index (χ2v) is 6.68. The van der Waals surface area contributed by atoms with E-state index >= 15 is 0 Å². The molecule has 0 fully saturated rings. The first-order valence-corrected chi connectivity index (χ1v) is 8.65. The van der Waals surface area contributed by atoms with Gasteiger partial charge in [0.15, 0.2) is 5.82 Å². The zero-order chi connectivity index (χ0) is 17.4. The van der Waals surface area contributed by atoms with Crippen LogP contribution in [0.5, 0.6) is 0 Å². The second kappa shape index (κ2) is 6.37. The van der Waals surface area contributed by atoms with Gasteiger partial charge in [0.25, 0.3) is 0 Å². The van der Waals surface area contributed by atoms with Gasteiger partial charge in [-0.3, -0.25) is 14.6 Å². The van der Waals surface area contributed by atoms with Crippen LogP contribution in [0.3, 0.4) is 0 Å². The van der Waals surface area contributed by atoms with E-state index in [1.54, 1.807) is 6.20 Å². The maximum atomic E-state index is 12.8. The first kappa shape index (κ1) is 15.9. The average molecular weight is 356 g/mol. The molecule has 25 heavy (non-hydrogen) atoms. The smallest absolute Gasteiger partial charge is 0.234 e. The molecule has 0 saturated carbocycles. The minimum atomic E-state index is -0.202. The molecule has 1 amide bonds. The van der Waals surface area contributed by atoms with E-state index in [1.165, 1.54) is 0 Å². The molecule has 2 N–H and O–H groups in total. The molecule has 1 aliphatic rings. The van der Waals surface area contributed by atoms with Crippen LogP contribution in [0.4, 0.5) is 5.82 Å². The van der Waals surface area contributed by atoms with Crippen LogP contribution in [0.2, 0.25) is 5.02 Å². The number of hydrogen-bond donors (Lipinski definition) is 2. The van der Waals surface area contributed by atoms with Crippen molar-refractivity contribution in [2.75, 3.05) is 5.32 Å². The maximum absolute atomic E-state index is 12.8. The highest BCUT2D eigenvalue weighted by Crippen LogP contribution is 2.32. The fourth-order valence-electron chi connectivity index (χ4n) is 3.38. The number of aromatic amines is 1. The average Bonchev–Trinajstić information content (AvgIpc) is 3.22. The van der Waals surface area contributed by atoms with Gasteiger partial charge in [0, 0.05) is 29.0 Å². The van der Waals surface area contributed by atoms with Crippen LogP contribution in [0.15, 0.2) is 36.5 Å². The Bertz CT molecular complexity index is 912. The van der Waals surface area contributed by atoms with Crippen molar-refractivity contribution < 1.29 is 4.79 Å². The lowest BCUT2D eigenvalue weighted by atomic mass is 9.95. The molecule has 1 unspecified atom stereocenters. The Balaban J connectivity index is 1.62. The third kappa shape index (κ3) is 2.93. The van der Waals surface area contributed by atoms with Crippen LogP contribution in [-0.2, 0) is 11.3 Å². The number of H-pyrrole nitrogens is 1. The third-order valence-electron chi connectivity index (χ3n) is 4.61. The van der Waals surface area contributed by atoms with E-state index in [9.17, 15) is 4.79 Å². The van der Waals surface area contributed by atoms with Crippen molar-refractivity contribution >= 4 is 23.3 Å². The molecule has 2 aromatic heterocycles. The second-order valence-electron chi connectivity index (χ2n) is 6.24. The summed E-state index contributed by atoms with van der Waals surface area (Å²) < 4.78 is 1.91. The lowest BCUT2D eigenvalue weighted by molar-refractivity contribution is -0.118. The van der Waals surface area contributed by atoms with E-state index in [1.807, 2.05) is 41.9 Å². The van der Waals surface area contributed by atoms with Crippen molar-refractivity contribution in [1.82, 2.24) is 20.0 Å². The zero-order valence-electron chi connectivity index (χ0n) is 13.8. The lowest BCUT2D eigenvalue weighted by Crippen LogP contribution is -2.27. The Morgan fingerprint density at radius 3 is 2.92 bits per heavy atom. The van der Waals surface area contributed by atoms with Crippen molar-refractivity contribution in [2.24, 2.45) is 0 Å².